The minimum Gasteiger partial charge on any atom is -0.496 e. The van der Waals surface area contributed by atoms with Crippen molar-refractivity contribution in [2.75, 3.05) is 21.2 Å². The number of methoxy groups -OCH3 is 1. The number of allylic oxidation sites excluding steroid dienone is 2. The van der Waals surface area contributed by atoms with Crippen molar-refractivity contribution in [2.24, 2.45) is 9.98 Å². The van der Waals surface area contributed by atoms with E-state index in [1.165, 1.54) is 0 Å². The summed E-state index contributed by atoms with van der Waals surface area (Å²) in [6.45, 7) is 1.96. The summed E-state index contributed by atoms with van der Waals surface area (Å²) in [5, 5.41) is 0. The highest BCUT2D eigenvalue weighted by Gasteiger charge is 2.35. The lowest BCUT2D eigenvalue weighted by atomic mass is 9.82. The van der Waals surface area contributed by atoms with Gasteiger partial charge in [0.25, 0.3) is 0 Å². The van der Waals surface area contributed by atoms with Crippen LogP contribution < -0.4 is 4.74 Å². The van der Waals surface area contributed by atoms with Gasteiger partial charge in [0, 0.05) is 25.2 Å². The number of hydrogen-bond donors (Lipinski definition) is 0. The molecular weight excluding hydrogens is 326 g/mol. The number of rotatable bonds is 2. The molecule has 5 heteroatoms. The largest absolute Gasteiger partial charge is 0.496 e. The molecule has 0 atom stereocenters. The van der Waals surface area contributed by atoms with Crippen LogP contribution in [0, 0.1) is 6.92 Å². The molecule has 0 aromatic heterocycles. The maximum Gasteiger partial charge on any atom is 0.226 e. The molecule has 1 aliphatic carbocycles. The standard InChI is InChI=1S/C21H19N3O2/c1-12-13(10-7-11-16(12)26-4)17-19-18(22-21(23-19)24(2)3)14-8-5-6-9-15(14)20(17)25/h5-11H,1-4H3. The van der Waals surface area contributed by atoms with Gasteiger partial charge in [-0.3, -0.25) is 4.79 Å². The van der Waals surface area contributed by atoms with Crippen LogP contribution in [-0.4, -0.2) is 43.6 Å². The van der Waals surface area contributed by atoms with E-state index in [0.717, 1.165) is 28.2 Å². The van der Waals surface area contributed by atoms with E-state index in [1.807, 2.05) is 68.4 Å². The van der Waals surface area contributed by atoms with Gasteiger partial charge in [0.1, 0.15) is 17.2 Å². The fourth-order valence-corrected chi connectivity index (χ4v) is 3.38. The smallest absolute Gasteiger partial charge is 0.226 e. The highest BCUT2D eigenvalue weighted by Crippen LogP contribution is 2.38. The number of hydrogen-bond acceptors (Lipinski definition) is 5. The van der Waals surface area contributed by atoms with Crippen LogP contribution in [0.25, 0.3) is 5.57 Å². The summed E-state index contributed by atoms with van der Waals surface area (Å²) in [7, 11) is 5.42. The van der Waals surface area contributed by atoms with E-state index >= 15 is 0 Å². The molecule has 130 valence electrons. The summed E-state index contributed by atoms with van der Waals surface area (Å²) >= 11 is 0. The summed E-state index contributed by atoms with van der Waals surface area (Å²) in [5.41, 5.74) is 5.19. The molecule has 0 N–H and O–H groups in total. The Bertz CT molecular complexity index is 1030. The van der Waals surface area contributed by atoms with Crippen molar-refractivity contribution in [3.05, 3.63) is 70.4 Å². The average Bonchev–Trinajstić information content (AvgIpc) is 3.09. The summed E-state index contributed by atoms with van der Waals surface area (Å²) in [5.74, 6) is 1.31. The molecule has 0 fully saturated rings. The third-order valence-corrected chi connectivity index (χ3v) is 4.71. The number of Topliss-reactive ketones (excluding diaryl/α,β-unsaturated/α-hetero) is 1. The van der Waals surface area contributed by atoms with Crippen molar-refractivity contribution in [3.8, 4) is 5.75 Å². The van der Waals surface area contributed by atoms with Crippen LogP contribution in [0.15, 0.2) is 58.1 Å². The normalized spacial score (nSPS) is 15.3. The summed E-state index contributed by atoms with van der Waals surface area (Å²) in [6.07, 6.45) is 0. The Morgan fingerprint density at radius 3 is 2.31 bits per heavy atom. The molecule has 4 rings (SSSR count). The van der Waals surface area contributed by atoms with Crippen LogP contribution in [0.1, 0.15) is 27.0 Å². The van der Waals surface area contributed by atoms with Crippen molar-refractivity contribution in [3.63, 3.8) is 0 Å². The first-order chi connectivity index (χ1) is 12.5. The number of carbonyl (C=O) groups is 1. The molecule has 1 aliphatic heterocycles. The molecule has 26 heavy (non-hydrogen) atoms. The third-order valence-electron chi connectivity index (χ3n) is 4.71. The zero-order valence-electron chi connectivity index (χ0n) is 15.2. The van der Waals surface area contributed by atoms with E-state index in [4.69, 9.17) is 4.74 Å². The Morgan fingerprint density at radius 2 is 1.62 bits per heavy atom. The van der Waals surface area contributed by atoms with Crippen molar-refractivity contribution in [1.82, 2.24) is 4.90 Å². The fourth-order valence-electron chi connectivity index (χ4n) is 3.38. The Morgan fingerprint density at radius 1 is 0.923 bits per heavy atom. The van der Waals surface area contributed by atoms with Crippen LogP contribution in [-0.2, 0) is 0 Å². The van der Waals surface area contributed by atoms with Crippen molar-refractivity contribution in [2.45, 2.75) is 6.92 Å². The van der Waals surface area contributed by atoms with Gasteiger partial charge in [0.2, 0.25) is 5.96 Å². The molecule has 2 aromatic rings. The van der Waals surface area contributed by atoms with Gasteiger partial charge >= 0.3 is 0 Å². The zero-order valence-corrected chi connectivity index (χ0v) is 15.2. The Hall–Kier alpha value is -3.21. The van der Waals surface area contributed by atoms with Crippen molar-refractivity contribution in [1.29, 1.82) is 0 Å². The van der Waals surface area contributed by atoms with Crippen LogP contribution in [0.5, 0.6) is 5.75 Å². The van der Waals surface area contributed by atoms with Gasteiger partial charge in [-0.1, -0.05) is 36.4 Å². The molecule has 0 radical (unpaired) electrons. The van der Waals surface area contributed by atoms with Gasteiger partial charge < -0.3 is 9.64 Å². The van der Waals surface area contributed by atoms with Crippen LogP contribution in [0.2, 0.25) is 0 Å². The lowest BCUT2D eigenvalue weighted by Gasteiger charge is -2.21. The first-order valence-corrected chi connectivity index (χ1v) is 8.40. The number of benzene rings is 2. The van der Waals surface area contributed by atoms with E-state index in [0.29, 0.717) is 22.8 Å². The minimum absolute atomic E-state index is 0.0327. The van der Waals surface area contributed by atoms with Gasteiger partial charge in [-0.25, -0.2) is 9.98 Å². The minimum atomic E-state index is -0.0327. The molecular formula is C21H19N3O2. The van der Waals surface area contributed by atoms with Gasteiger partial charge in [-0.2, -0.15) is 0 Å². The molecule has 1 heterocycles. The van der Waals surface area contributed by atoms with E-state index in [1.54, 1.807) is 7.11 Å². The lowest BCUT2D eigenvalue weighted by molar-refractivity contribution is 0.105. The maximum atomic E-state index is 13.4. The first kappa shape index (κ1) is 16.3. The molecule has 5 nitrogen and oxygen atoms in total. The van der Waals surface area contributed by atoms with Crippen LogP contribution in [0.3, 0.4) is 0 Å². The summed E-state index contributed by atoms with van der Waals surface area (Å²) in [4.78, 5) is 24.6. The number of aliphatic imine (C=N–C) groups is 2. The Kier molecular flexibility index (Phi) is 3.72. The number of carbonyl (C=O) groups excluding carboxylic acids is 1. The van der Waals surface area contributed by atoms with E-state index in [2.05, 4.69) is 9.98 Å². The van der Waals surface area contributed by atoms with E-state index in [-0.39, 0.29) is 5.78 Å². The number of nitrogens with zero attached hydrogens (tertiary/aromatic N) is 3. The molecule has 0 saturated heterocycles. The van der Waals surface area contributed by atoms with Crippen LogP contribution >= 0.6 is 0 Å². The van der Waals surface area contributed by atoms with Crippen molar-refractivity contribution < 1.29 is 9.53 Å². The second kappa shape index (κ2) is 5.95. The predicted octanol–water partition coefficient (Wildman–Crippen LogP) is 3.33. The number of guanidine groups is 1. The maximum absolute atomic E-state index is 13.4. The van der Waals surface area contributed by atoms with Gasteiger partial charge in [0.15, 0.2) is 5.78 Å². The fraction of sp³-hybridized carbons (Fsp3) is 0.190. The SMILES string of the molecule is COc1cccc(C2=C3N=C(N(C)C)N=C3c3ccccc3C2=O)c1C. The summed E-state index contributed by atoms with van der Waals surface area (Å²) < 4.78 is 5.44. The highest BCUT2D eigenvalue weighted by atomic mass is 16.5. The molecule has 0 bridgehead atoms. The topological polar surface area (TPSA) is 54.3 Å². The van der Waals surface area contributed by atoms with E-state index in [9.17, 15) is 4.79 Å². The van der Waals surface area contributed by atoms with Gasteiger partial charge in [-0.15, -0.1) is 0 Å². The number of ether oxygens (including phenoxy) is 1. The quantitative estimate of drug-likeness (QED) is 0.839. The second-order valence-corrected chi connectivity index (χ2v) is 6.50. The van der Waals surface area contributed by atoms with Crippen LogP contribution in [0.4, 0.5) is 0 Å². The second-order valence-electron chi connectivity index (χ2n) is 6.50. The number of fused-ring (bicyclic) bond motifs is 3. The molecule has 2 aromatic carbocycles. The molecule has 0 saturated carbocycles. The average molecular weight is 345 g/mol. The number of ketones is 1. The molecule has 0 spiro atoms. The Balaban J connectivity index is 2.04. The highest BCUT2D eigenvalue weighted by molar-refractivity contribution is 6.43. The molecule has 0 amide bonds. The lowest BCUT2D eigenvalue weighted by Crippen LogP contribution is -2.20. The molecule has 0 unspecified atom stereocenters. The Labute approximate surface area is 152 Å². The predicted molar refractivity (Wildman–Crippen MR) is 103 cm³/mol. The monoisotopic (exact) mass is 345 g/mol. The summed E-state index contributed by atoms with van der Waals surface area (Å²) in [6, 6.07) is 13.3. The van der Waals surface area contributed by atoms with E-state index < -0.39 is 0 Å². The first-order valence-electron chi connectivity index (χ1n) is 8.40. The van der Waals surface area contributed by atoms with Crippen molar-refractivity contribution >= 4 is 23.0 Å². The van der Waals surface area contributed by atoms with Gasteiger partial charge in [0.05, 0.1) is 12.7 Å². The van der Waals surface area contributed by atoms with Gasteiger partial charge in [-0.05, 0) is 24.1 Å². The third kappa shape index (κ3) is 2.28. The zero-order chi connectivity index (χ0) is 18.4. The molecule has 2 aliphatic rings.